The van der Waals surface area contributed by atoms with Crippen LogP contribution in [0.15, 0.2) is 32.0 Å². The van der Waals surface area contributed by atoms with Crippen molar-refractivity contribution >= 4 is 100 Å². The summed E-state index contributed by atoms with van der Waals surface area (Å²) in [6.45, 7) is 0. The van der Waals surface area contributed by atoms with Crippen LogP contribution in [0.3, 0.4) is 0 Å². The standard InChI is InChI=1S/Ba.K.6HNO2.Ni/c;;6*2-1-3;/h;;6*(H,2,3);/p-6. The van der Waals surface area contributed by atoms with E-state index < -0.39 is 0 Å². The van der Waals surface area contributed by atoms with Gasteiger partial charge in [-0.05, 0) is 0 Å². The molecule has 0 spiro atoms. The molecule has 3 radical (unpaired) electrons. The molecule has 0 aliphatic carbocycles. The molecule has 18 nitrogen and oxygen atoms in total. The molecule has 0 bridgehead atoms. The summed E-state index contributed by atoms with van der Waals surface area (Å²) in [4.78, 5) is 48.0. The number of nitrogens with zero attached hydrogens (tertiary/aromatic N) is 6. The molecule has 0 fully saturated rings. The van der Waals surface area contributed by atoms with Crippen LogP contribution in [0.2, 0.25) is 0 Å². The molecule has 21 heteroatoms. The van der Waals surface area contributed by atoms with E-state index in [0.29, 0.717) is 0 Å². The van der Waals surface area contributed by atoms with Crippen molar-refractivity contribution in [3.63, 3.8) is 0 Å². The topological polar surface area (TPSA) is 315 Å². The Balaban J connectivity index is -0.0000000114. The van der Waals surface area contributed by atoms with Gasteiger partial charge < -0.3 is 60.7 Å². The summed E-state index contributed by atoms with van der Waals surface area (Å²) in [5.41, 5.74) is 0. The largest absolute Gasteiger partial charge is 0.444 e. The third-order valence-electron chi connectivity index (χ3n) is 0. The summed E-state index contributed by atoms with van der Waals surface area (Å²) >= 11 is 0. The van der Waals surface area contributed by atoms with E-state index in [1.54, 1.807) is 0 Å². The minimum Gasteiger partial charge on any atom is -0.444 e. The van der Waals surface area contributed by atoms with Gasteiger partial charge in [-0.1, -0.05) is 0 Å². The minimum atomic E-state index is 0. The van der Waals surface area contributed by atoms with E-state index in [1.807, 2.05) is 0 Å². The van der Waals surface area contributed by atoms with Crippen LogP contribution >= 0.6 is 0 Å². The molecular formula is BaKN6NiO12-6. The average molecular weight is 511 g/mol. The minimum absolute atomic E-state index is 0. The van der Waals surface area contributed by atoms with Gasteiger partial charge in [0.1, 0.15) is 0 Å². The Hall–Kier alpha value is 0.101. The first-order valence-electron chi connectivity index (χ1n) is 2.19. The third-order valence-corrected chi connectivity index (χ3v) is 0. The molecule has 0 amide bonds. The Morgan fingerprint density at radius 1 is 0.429 bits per heavy atom. The van der Waals surface area contributed by atoms with E-state index in [4.69, 9.17) is 60.7 Å². The van der Waals surface area contributed by atoms with Crippen molar-refractivity contribution in [3.05, 3.63) is 60.7 Å². The zero-order chi connectivity index (χ0) is 16.2. The molecule has 0 saturated heterocycles. The zero-order valence-electron chi connectivity index (χ0n) is 9.61. The van der Waals surface area contributed by atoms with E-state index >= 15 is 0 Å². The molecule has 121 valence electrons. The van der Waals surface area contributed by atoms with E-state index in [9.17, 15) is 0 Å². The van der Waals surface area contributed by atoms with Crippen LogP contribution < -0.4 is 0 Å². The van der Waals surface area contributed by atoms with Gasteiger partial charge >= 0.3 is 0 Å². The van der Waals surface area contributed by atoms with Gasteiger partial charge in [-0.15, -0.1) is 32.0 Å². The fourth-order valence-corrected chi connectivity index (χ4v) is 0. The molecule has 0 N–H and O–H groups in total. The normalized spacial score (nSPS) is 3.43. The maximum atomic E-state index is 8.00. The van der Waals surface area contributed by atoms with Crippen LogP contribution in [0.5, 0.6) is 0 Å². The molecule has 0 aliphatic heterocycles. The van der Waals surface area contributed by atoms with Crippen LogP contribution in [0.4, 0.5) is 0 Å². The van der Waals surface area contributed by atoms with Gasteiger partial charge in [-0.25, -0.2) is 0 Å². The third kappa shape index (κ3) is 642000. The van der Waals surface area contributed by atoms with E-state index in [1.165, 1.54) is 0 Å². The zero-order valence-corrected chi connectivity index (χ0v) is 18.2. The van der Waals surface area contributed by atoms with E-state index in [-0.39, 0.29) is 117 Å². The first-order chi connectivity index (χ1) is 8.49. The molecule has 0 heterocycles. The molecule has 0 unspecified atom stereocenters. The van der Waals surface area contributed by atoms with Crippen LogP contribution in [0, 0.1) is 60.7 Å². The van der Waals surface area contributed by atoms with Crippen molar-refractivity contribution in [1.29, 1.82) is 0 Å². The Morgan fingerprint density at radius 2 is 0.429 bits per heavy atom. The van der Waals surface area contributed by atoms with Crippen molar-refractivity contribution in [2.75, 3.05) is 0 Å². The molecule has 21 heavy (non-hydrogen) atoms. The predicted molar refractivity (Wildman–Crippen MR) is 66.5 cm³/mol. The molecule has 0 rings (SSSR count). The second-order valence-corrected chi connectivity index (χ2v) is 0.447. The summed E-state index contributed by atoms with van der Waals surface area (Å²) in [6.07, 6.45) is 0. The summed E-state index contributed by atoms with van der Waals surface area (Å²) < 4.78 is 0. The predicted octanol–water partition coefficient (Wildman–Crippen LogP) is 0.740. The van der Waals surface area contributed by atoms with Gasteiger partial charge in [0.2, 0.25) is 0 Å². The van der Waals surface area contributed by atoms with Gasteiger partial charge in [-0.2, -0.15) is 0 Å². The Morgan fingerprint density at radius 3 is 0.429 bits per heavy atom. The summed E-state index contributed by atoms with van der Waals surface area (Å²) in [7, 11) is 0. The van der Waals surface area contributed by atoms with Crippen LogP contribution in [0.25, 0.3) is 0 Å². The second-order valence-electron chi connectivity index (χ2n) is 0.447. The van der Waals surface area contributed by atoms with Gasteiger partial charge in [0.05, 0.1) is 0 Å². The molecule has 0 aromatic carbocycles. The maximum absolute atomic E-state index is 8.00. The number of rotatable bonds is 0. The van der Waals surface area contributed by atoms with Gasteiger partial charge in [0.15, 0.2) is 0 Å². The summed E-state index contributed by atoms with van der Waals surface area (Å²) in [5.74, 6) is 0. The van der Waals surface area contributed by atoms with Crippen LogP contribution in [-0.2, 0) is 16.5 Å². The molecular weight excluding hydrogens is 511 g/mol. The molecule has 0 aromatic heterocycles. The summed E-state index contributed by atoms with van der Waals surface area (Å²) in [5, 5.41) is 54.0. The van der Waals surface area contributed by atoms with Crippen LogP contribution in [-0.4, -0.2) is 100 Å². The SMILES string of the molecule is O=N[O-].O=N[O-].O=N[O-].O=N[O-].O=N[O-].O=N[O-].[Ba].[K].[Ni]. The Bertz CT molecular complexity index is 125. The van der Waals surface area contributed by atoms with Crippen molar-refractivity contribution < 1.29 is 16.5 Å². The van der Waals surface area contributed by atoms with Crippen molar-refractivity contribution in [3.8, 4) is 0 Å². The average Bonchev–Trinajstić information content (AvgIpc) is 2.23. The Kier molecular flexibility index (Phi) is 546. The smallest absolute Gasteiger partial charge is 0 e. The van der Waals surface area contributed by atoms with Crippen molar-refractivity contribution in [2.45, 2.75) is 0 Å². The fraction of sp³-hybridized carbons (Fsp3) is 0. The quantitative estimate of drug-likeness (QED) is 0.247. The molecule has 0 saturated carbocycles. The van der Waals surface area contributed by atoms with Crippen molar-refractivity contribution in [1.82, 2.24) is 0 Å². The molecule has 0 aliphatic rings. The fourth-order valence-electron chi connectivity index (χ4n) is 0. The van der Waals surface area contributed by atoms with Gasteiger partial charge in [-0.3, -0.25) is 0 Å². The first kappa shape index (κ1) is 58.2. The van der Waals surface area contributed by atoms with Gasteiger partial charge in [0.25, 0.3) is 0 Å². The molecule has 0 aromatic rings. The maximum Gasteiger partial charge on any atom is 0 e. The number of hydrogen-bond donors (Lipinski definition) is 0. The first-order valence-corrected chi connectivity index (χ1v) is 2.19. The van der Waals surface area contributed by atoms with E-state index in [0.717, 1.165) is 32.0 Å². The van der Waals surface area contributed by atoms with E-state index in [2.05, 4.69) is 0 Å². The Labute approximate surface area is 206 Å². The van der Waals surface area contributed by atoms with Crippen LogP contribution in [0.1, 0.15) is 0 Å². The number of hydrogen-bond acceptors (Lipinski definition) is 18. The molecule has 0 atom stereocenters. The summed E-state index contributed by atoms with van der Waals surface area (Å²) in [6, 6.07) is 0. The van der Waals surface area contributed by atoms with Gasteiger partial charge in [0, 0.05) is 117 Å². The second kappa shape index (κ2) is 197. The monoisotopic (exact) mass is 511 g/mol. The van der Waals surface area contributed by atoms with Crippen molar-refractivity contribution in [2.24, 2.45) is 32.0 Å².